The molecular weight excluding hydrogens is 675 g/mol. The summed E-state index contributed by atoms with van der Waals surface area (Å²) < 4.78 is 15.2. The Morgan fingerprint density at radius 3 is 1.93 bits per heavy atom. The lowest BCUT2D eigenvalue weighted by Gasteiger charge is -2.10. The second-order valence-corrected chi connectivity index (χ2v) is 14.1. The maximum atomic E-state index is 6.49. The first-order chi connectivity index (χ1) is 27.2. The van der Waals surface area contributed by atoms with Gasteiger partial charge in [-0.1, -0.05) is 109 Å². The minimum atomic E-state index is 0.671. The predicted octanol–water partition coefficient (Wildman–Crippen LogP) is 13.5. The van der Waals surface area contributed by atoms with Gasteiger partial charge in [-0.2, -0.15) is 0 Å². The maximum absolute atomic E-state index is 6.49. The summed E-state index contributed by atoms with van der Waals surface area (Å²) in [5.74, 6) is 0.671. The van der Waals surface area contributed by atoms with Gasteiger partial charge in [0.1, 0.15) is 22.3 Å². The van der Waals surface area contributed by atoms with Gasteiger partial charge in [-0.15, -0.1) is 0 Å². The SMILES string of the molecule is c1ccc(-c2nc(-c3cccc4oc5ccc(-c6ccc7c(c6)c6cc8c(cc6n7-c6ccccc6)oc6ccccc68)cc5c34)nc3ccccc23)cc1. The van der Waals surface area contributed by atoms with Crippen LogP contribution in [-0.2, 0) is 0 Å². The van der Waals surface area contributed by atoms with Crippen LogP contribution in [0.4, 0.5) is 0 Å². The minimum Gasteiger partial charge on any atom is -0.456 e. The number of fused-ring (bicyclic) bond motifs is 10. The summed E-state index contributed by atoms with van der Waals surface area (Å²) in [6.07, 6.45) is 0. The van der Waals surface area contributed by atoms with Gasteiger partial charge in [0.25, 0.3) is 0 Å². The number of para-hydroxylation sites is 3. The van der Waals surface area contributed by atoms with Crippen LogP contribution in [0, 0.1) is 0 Å². The van der Waals surface area contributed by atoms with Crippen LogP contribution in [0.5, 0.6) is 0 Å². The second kappa shape index (κ2) is 11.5. The molecular formula is C50H29N3O2. The van der Waals surface area contributed by atoms with Crippen molar-refractivity contribution in [1.82, 2.24) is 14.5 Å². The van der Waals surface area contributed by atoms with Gasteiger partial charge in [-0.3, -0.25) is 0 Å². The van der Waals surface area contributed by atoms with Crippen LogP contribution < -0.4 is 0 Å². The van der Waals surface area contributed by atoms with E-state index in [9.17, 15) is 0 Å². The Hall–Kier alpha value is -7.50. The molecule has 0 saturated heterocycles. The van der Waals surface area contributed by atoms with Crippen LogP contribution in [0.2, 0.25) is 0 Å². The van der Waals surface area contributed by atoms with Crippen molar-refractivity contribution in [3.8, 4) is 39.5 Å². The summed E-state index contributed by atoms with van der Waals surface area (Å²) >= 11 is 0. The molecule has 8 aromatic carbocycles. The Bertz CT molecular complexity index is 3480. The maximum Gasteiger partial charge on any atom is 0.161 e. The number of nitrogens with zero attached hydrogens (tertiary/aromatic N) is 3. The van der Waals surface area contributed by atoms with Crippen LogP contribution in [0.1, 0.15) is 0 Å². The summed E-state index contributed by atoms with van der Waals surface area (Å²) in [7, 11) is 0. The number of rotatable bonds is 4. The van der Waals surface area contributed by atoms with Gasteiger partial charge in [0.15, 0.2) is 5.82 Å². The van der Waals surface area contributed by atoms with Gasteiger partial charge >= 0.3 is 0 Å². The second-order valence-electron chi connectivity index (χ2n) is 14.1. The molecule has 0 N–H and O–H groups in total. The topological polar surface area (TPSA) is 57.0 Å². The highest BCUT2D eigenvalue weighted by molar-refractivity contribution is 6.18. The summed E-state index contributed by atoms with van der Waals surface area (Å²) in [4.78, 5) is 10.3. The predicted molar refractivity (Wildman–Crippen MR) is 225 cm³/mol. The van der Waals surface area contributed by atoms with Crippen molar-refractivity contribution >= 4 is 76.6 Å². The first-order valence-corrected chi connectivity index (χ1v) is 18.5. The normalized spacial score (nSPS) is 12.0. The Labute approximate surface area is 314 Å². The third-order valence-corrected chi connectivity index (χ3v) is 11.0. The zero-order valence-corrected chi connectivity index (χ0v) is 29.4. The molecule has 0 unspecified atom stereocenters. The Morgan fingerprint density at radius 1 is 0.382 bits per heavy atom. The lowest BCUT2D eigenvalue weighted by molar-refractivity contribution is 0.668. The number of aromatic nitrogens is 3. The van der Waals surface area contributed by atoms with Crippen molar-refractivity contribution in [3.05, 3.63) is 176 Å². The van der Waals surface area contributed by atoms with E-state index in [1.165, 1.54) is 10.8 Å². The molecule has 0 radical (unpaired) electrons. The van der Waals surface area contributed by atoms with E-state index in [-0.39, 0.29) is 0 Å². The molecule has 5 nitrogen and oxygen atoms in total. The van der Waals surface area contributed by atoms with Crippen molar-refractivity contribution in [2.24, 2.45) is 0 Å². The fourth-order valence-corrected chi connectivity index (χ4v) is 8.48. The number of hydrogen-bond donors (Lipinski definition) is 0. The molecule has 12 rings (SSSR count). The van der Waals surface area contributed by atoms with Crippen LogP contribution >= 0.6 is 0 Å². The molecule has 0 aliphatic rings. The smallest absolute Gasteiger partial charge is 0.161 e. The number of hydrogen-bond acceptors (Lipinski definition) is 4. The van der Waals surface area contributed by atoms with E-state index in [1.807, 2.05) is 42.5 Å². The van der Waals surface area contributed by atoms with E-state index >= 15 is 0 Å². The molecule has 0 amide bonds. The fraction of sp³-hybridized carbons (Fsp3) is 0. The van der Waals surface area contributed by atoms with E-state index < -0.39 is 0 Å². The minimum absolute atomic E-state index is 0.671. The number of benzene rings is 8. The molecule has 0 atom stereocenters. The lowest BCUT2D eigenvalue weighted by atomic mass is 9.98. The summed E-state index contributed by atoms with van der Waals surface area (Å²) in [6, 6.07) is 61.3. The van der Waals surface area contributed by atoms with Crippen molar-refractivity contribution in [1.29, 1.82) is 0 Å². The third-order valence-electron chi connectivity index (χ3n) is 11.0. The van der Waals surface area contributed by atoms with Gasteiger partial charge in [-0.05, 0) is 71.8 Å². The van der Waals surface area contributed by atoms with Crippen LogP contribution in [0.15, 0.2) is 185 Å². The standard InChI is InChI=1S/C50H29N3O2/c1-3-12-30(13-4-1)49-35-17-7-9-19-41(35)51-50(52-49)36-18-11-21-46-48(36)40-27-32(23-25-45(40)54-46)31-22-24-42-37(26-31)38-28-39-34-16-8-10-20-44(34)55-47(39)29-43(38)53(42)33-14-5-2-6-15-33/h1-29H. The highest BCUT2D eigenvalue weighted by atomic mass is 16.3. The average Bonchev–Trinajstić information content (AvgIpc) is 3.91. The summed E-state index contributed by atoms with van der Waals surface area (Å²) in [5, 5.41) is 7.65. The van der Waals surface area contributed by atoms with E-state index in [0.717, 1.165) is 99.4 Å². The van der Waals surface area contributed by atoms with Gasteiger partial charge in [0.2, 0.25) is 0 Å². The summed E-state index contributed by atoms with van der Waals surface area (Å²) in [6.45, 7) is 0. The largest absolute Gasteiger partial charge is 0.456 e. The zero-order chi connectivity index (χ0) is 36.0. The number of furan rings is 2. The first kappa shape index (κ1) is 30.0. The third kappa shape index (κ3) is 4.53. The molecule has 0 fully saturated rings. The van der Waals surface area contributed by atoms with Gasteiger partial charge in [-0.25, -0.2) is 9.97 Å². The Morgan fingerprint density at radius 2 is 1.05 bits per heavy atom. The molecule has 0 saturated carbocycles. The first-order valence-electron chi connectivity index (χ1n) is 18.5. The van der Waals surface area contributed by atoms with Crippen molar-refractivity contribution < 1.29 is 8.83 Å². The monoisotopic (exact) mass is 703 g/mol. The molecule has 0 spiro atoms. The van der Waals surface area contributed by atoms with Gasteiger partial charge in [0.05, 0.1) is 22.2 Å². The highest BCUT2D eigenvalue weighted by Gasteiger charge is 2.20. The van der Waals surface area contributed by atoms with E-state index in [1.54, 1.807) is 0 Å². The van der Waals surface area contributed by atoms with Crippen molar-refractivity contribution in [3.63, 3.8) is 0 Å². The van der Waals surface area contributed by atoms with Crippen LogP contribution in [0.25, 0.3) is 116 Å². The van der Waals surface area contributed by atoms with Crippen LogP contribution in [-0.4, -0.2) is 14.5 Å². The summed E-state index contributed by atoms with van der Waals surface area (Å²) in [5.41, 5.74) is 12.8. The molecule has 256 valence electrons. The molecule has 4 aromatic heterocycles. The van der Waals surface area contributed by atoms with Crippen molar-refractivity contribution in [2.75, 3.05) is 0 Å². The van der Waals surface area contributed by atoms with E-state index in [2.05, 4.69) is 138 Å². The van der Waals surface area contributed by atoms with Crippen LogP contribution in [0.3, 0.4) is 0 Å². The molecule has 0 bridgehead atoms. The van der Waals surface area contributed by atoms with E-state index in [4.69, 9.17) is 18.8 Å². The molecule has 0 aliphatic carbocycles. The average molecular weight is 704 g/mol. The van der Waals surface area contributed by atoms with Crippen molar-refractivity contribution in [2.45, 2.75) is 0 Å². The Kier molecular flexibility index (Phi) is 6.27. The van der Waals surface area contributed by atoms with Gasteiger partial charge < -0.3 is 13.4 Å². The zero-order valence-electron chi connectivity index (χ0n) is 29.4. The van der Waals surface area contributed by atoms with Gasteiger partial charge in [0, 0.05) is 60.6 Å². The molecule has 5 heteroatoms. The molecule has 12 aromatic rings. The lowest BCUT2D eigenvalue weighted by Crippen LogP contribution is -1.95. The highest BCUT2D eigenvalue weighted by Crippen LogP contribution is 2.42. The molecule has 4 heterocycles. The molecule has 55 heavy (non-hydrogen) atoms. The fourth-order valence-electron chi connectivity index (χ4n) is 8.48. The quantitative estimate of drug-likeness (QED) is 0.183. The molecule has 0 aliphatic heterocycles. The Balaban J connectivity index is 1.07. The van der Waals surface area contributed by atoms with E-state index in [0.29, 0.717) is 5.82 Å².